The highest BCUT2D eigenvalue weighted by molar-refractivity contribution is 5.97. The van der Waals surface area contributed by atoms with E-state index in [1.165, 1.54) is 18.2 Å². The number of nitrogens with zero attached hydrogens (tertiary/aromatic N) is 2. The van der Waals surface area contributed by atoms with E-state index in [9.17, 15) is 18.0 Å². The van der Waals surface area contributed by atoms with E-state index in [0.29, 0.717) is 12.1 Å². The molecule has 0 spiro atoms. The van der Waals surface area contributed by atoms with Crippen LogP contribution in [-0.4, -0.2) is 35.1 Å². The van der Waals surface area contributed by atoms with Crippen molar-refractivity contribution in [3.8, 4) is 0 Å². The summed E-state index contributed by atoms with van der Waals surface area (Å²) in [5, 5.41) is 5.72. The van der Waals surface area contributed by atoms with E-state index < -0.39 is 18.0 Å². The van der Waals surface area contributed by atoms with Crippen LogP contribution < -0.4 is 10.6 Å². The topological polar surface area (TPSA) is 58.9 Å². The van der Waals surface area contributed by atoms with Crippen molar-refractivity contribution < 1.29 is 18.0 Å². The summed E-state index contributed by atoms with van der Waals surface area (Å²) in [6, 6.07) is 4.11. The predicted molar refractivity (Wildman–Crippen MR) is 100 cm³/mol. The third-order valence-electron chi connectivity index (χ3n) is 3.78. The molecule has 1 aromatic heterocycles. The van der Waals surface area contributed by atoms with Crippen LogP contribution in [-0.2, 0) is 6.18 Å². The number of carbonyl (C=O) groups is 1. The van der Waals surface area contributed by atoms with E-state index in [0.717, 1.165) is 4.57 Å². The number of carbonyl (C=O) groups excluding carboxylic acids is 1. The number of aromatic nitrogens is 2. The van der Waals surface area contributed by atoms with Crippen LogP contribution in [0.4, 0.5) is 13.2 Å². The van der Waals surface area contributed by atoms with Gasteiger partial charge in [-0.3, -0.25) is 4.79 Å². The smallest absolute Gasteiger partial charge is 0.350 e. The van der Waals surface area contributed by atoms with Crippen LogP contribution in [0, 0.1) is 0 Å². The molecule has 1 unspecified atom stereocenters. The minimum atomic E-state index is -4.55. The van der Waals surface area contributed by atoms with E-state index in [1.54, 1.807) is 20.9 Å². The molecule has 26 heavy (non-hydrogen) atoms. The Kier molecular flexibility index (Phi) is 8.89. The molecule has 5 nitrogen and oxygen atoms in total. The summed E-state index contributed by atoms with van der Waals surface area (Å²) in [5.41, 5.74) is 0.802. The normalized spacial score (nSPS) is 12.5. The summed E-state index contributed by atoms with van der Waals surface area (Å²) in [6.07, 6.45) is -4.55. The van der Waals surface area contributed by atoms with Crippen molar-refractivity contribution in [3.05, 3.63) is 29.6 Å². The molecule has 0 aliphatic heterocycles. The van der Waals surface area contributed by atoms with Gasteiger partial charge in [0.25, 0.3) is 5.91 Å². The third-order valence-corrected chi connectivity index (χ3v) is 3.78. The third kappa shape index (κ3) is 5.25. The molecule has 0 bridgehead atoms. The van der Waals surface area contributed by atoms with Crippen molar-refractivity contribution in [2.45, 2.75) is 39.0 Å². The van der Waals surface area contributed by atoms with E-state index >= 15 is 0 Å². The van der Waals surface area contributed by atoms with E-state index in [2.05, 4.69) is 15.6 Å². The predicted octanol–water partition coefficient (Wildman–Crippen LogP) is 3.82. The molecule has 0 fully saturated rings. The number of benzene rings is 1. The Morgan fingerprint density at radius 2 is 1.85 bits per heavy atom. The molecule has 1 atom stereocenters. The highest BCUT2D eigenvalue weighted by atomic mass is 35.5. The number of imidazole rings is 1. The Bertz CT molecular complexity index is 747. The first-order valence-corrected chi connectivity index (χ1v) is 7.69. The Morgan fingerprint density at radius 1 is 1.23 bits per heavy atom. The minimum Gasteiger partial charge on any atom is -0.350 e. The van der Waals surface area contributed by atoms with Crippen LogP contribution in [0.15, 0.2) is 18.2 Å². The van der Waals surface area contributed by atoms with E-state index in [4.69, 9.17) is 0 Å². The molecular formula is C16H23Cl2F3N4O. The molecule has 2 N–H and O–H groups in total. The van der Waals surface area contributed by atoms with Gasteiger partial charge in [0, 0.05) is 24.2 Å². The number of amides is 1. The lowest BCUT2D eigenvalue weighted by Crippen LogP contribution is -2.37. The molecule has 148 valence electrons. The lowest BCUT2D eigenvalue weighted by molar-refractivity contribution is -0.147. The summed E-state index contributed by atoms with van der Waals surface area (Å²) >= 11 is 0. The zero-order valence-corrected chi connectivity index (χ0v) is 16.5. The SMILES string of the molecule is CNC(C)CNC(=O)c1ccc2c(c1)nc(C(F)(F)F)n2C(C)C.Cl.Cl. The van der Waals surface area contributed by atoms with Gasteiger partial charge in [-0.05, 0) is 46.0 Å². The van der Waals surface area contributed by atoms with Gasteiger partial charge in [-0.15, -0.1) is 24.8 Å². The second-order valence-electron chi connectivity index (χ2n) is 6.00. The molecule has 0 saturated heterocycles. The molecule has 2 aromatic rings. The molecule has 10 heteroatoms. The quantitative estimate of drug-likeness (QED) is 0.781. The number of hydrogen-bond acceptors (Lipinski definition) is 3. The molecule has 0 radical (unpaired) electrons. The number of likely N-dealkylation sites (N-methyl/N-ethyl adjacent to an activating group) is 1. The molecule has 0 aliphatic carbocycles. The van der Waals surface area contributed by atoms with Gasteiger partial charge in [0.2, 0.25) is 5.82 Å². The van der Waals surface area contributed by atoms with Crippen LogP contribution in [0.1, 0.15) is 43.0 Å². The van der Waals surface area contributed by atoms with Crippen LogP contribution in [0.5, 0.6) is 0 Å². The maximum absolute atomic E-state index is 13.2. The van der Waals surface area contributed by atoms with Gasteiger partial charge >= 0.3 is 6.18 Å². The summed E-state index contributed by atoms with van der Waals surface area (Å²) in [5.74, 6) is -1.29. The average molecular weight is 415 g/mol. The summed E-state index contributed by atoms with van der Waals surface area (Å²) in [7, 11) is 1.78. The Hall–Kier alpha value is -1.51. The zero-order valence-electron chi connectivity index (χ0n) is 14.8. The highest BCUT2D eigenvalue weighted by Crippen LogP contribution is 2.33. The number of nitrogens with one attached hydrogen (secondary N) is 2. The van der Waals surface area contributed by atoms with Crippen molar-refractivity contribution in [3.63, 3.8) is 0 Å². The second kappa shape index (κ2) is 9.43. The van der Waals surface area contributed by atoms with E-state index in [1.807, 2.05) is 6.92 Å². The van der Waals surface area contributed by atoms with Crippen molar-refractivity contribution in [1.82, 2.24) is 20.2 Å². The van der Waals surface area contributed by atoms with Crippen molar-refractivity contribution in [2.24, 2.45) is 0 Å². The molecular weight excluding hydrogens is 392 g/mol. The van der Waals surface area contributed by atoms with Crippen LogP contribution in [0.2, 0.25) is 0 Å². The van der Waals surface area contributed by atoms with Crippen molar-refractivity contribution >= 4 is 41.8 Å². The fraction of sp³-hybridized carbons (Fsp3) is 0.500. The van der Waals surface area contributed by atoms with Gasteiger partial charge in [0.05, 0.1) is 11.0 Å². The Morgan fingerprint density at radius 3 is 2.35 bits per heavy atom. The summed E-state index contributed by atoms with van der Waals surface area (Å²) in [4.78, 5) is 15.8. The average Bonchev–Trinajstić information content (AvgIpc) is 2.91. The first kappa shape index (κ1) is 24.5. The minimum absolute atomic E-state index is 0. The standard InChI is InChI=1S/C16H21F3N4O.2ClH/c1-9(2)23-13-6-5-11(14(24)21-8-10(3)20-4)7-12(13)22-15(23)16(17,18)19;;/h5-7,9-10,20H,8H2,1-4H3,(H,21,24);2*1H. The molecule has 1 heterocycles. The van der Waals surface area contributed by atoms with Crippen molar-refractivity contribution in [2.75, 3.05) is 13.6 Å². The monoisotopic (exact) mass is 414 g/mol. The first-order valence-electron chi connectivity index (χ1n) is 7.69. The molecule has 2 rings (SSSR count). The molecule has 1 amide bonds. The van der Waals surface area contributed by atoms with Gasteiger partial charge in [0.15, 0.2) is 0 Å². The molecule has 1 aromatic carbocycles. The van der Waals surface area contributed by atoms with Gasteiger partial charge in [-0.2, -0.15) is 13.2 Å². The number of alkyl halides is 3. The lowest BCUT2D eigenvalue weighted by atomic mass is 10.1. The molecule has 0 saturated carbocycles. The maximum atomic E-state index is 13.2. The highest BCUT2D eigenvalue weighted by Gasteiger charge is 2.38. The van der Waals surface area contributed by atoms with Crippen LogP contribution in [0.3, 0.4) is 0 Å². The van der Waals surface area contributed by atoms with Gasteiger partial charge in [0.1, 0.15) is 0 Å². The zero-order chi connectivity index (χ0) is 18.1. The second-order valence-corrected chi connectivity index (χ2v) is 6.00. The Labute approximate surface area is 162 Å². The number of fused-ring (bicyclic) bond motifs is 1. The maximum Gasteiger partial charge on any atom is 0.449 e. The fourth-order valence-electron chi connectivity index (χ4n) is 2.41. The number of hydrogen-bond donors (Lipinski definition) is 2. The fourth-order valence-corrected chi connectivity index (χ4v) is 2.41. The summed E-state index contributed by atoms with van der Waals surface area (Å²) in [6.45, 7) is 5.65. The summed E-state index contributed by atoms with van der Waals surface area (Å²) < 4.78 is 40.7. The Balaban J connectivity index is 0.00000312. The molecule has 0 aliphatic rings. The van der Waals surface area contributed by atoms with Gasteiger partial charge in [-0.1, -0.05) is 0 Å². The van der Waals surface area contributed by atoms with Crippen LogP contribution >= 0.6 is 24.8 Å². The van der Waals surface area contributed by atoms with Gasteiger partial charge in [-0.25, -0.2) is 4.98 Å². The van der Waals surface area contributed by atoms with Gasteiger partial charge < -0.3 is 15.2 Å². The largest absolute Gasteiger partial charge is 0.449 e. The lowest BCUT2D eigenvalue weighted by Gasteiger charge is -2.14. The van der Waals surface area contributed by atoms with Crippen molar-refractivity contribution in [1.29, 1.82) is 0 Å². The number of rotatable bonds is 5. The number of halogens is 5. The first-order chi connectivity index (χ1) is 11.1. The van der Waals surface area contributed by atoms with Crippen LogP contribution in [0.25, 0.3) is 11.0 Å². The van der Waals surface area contributed by atoms with E-state index in [-0.39, 0.29) is 47.8 Å².